The Balaban J connectivity index is 2.80. The number of benzene rings is 1. The summed E-state index contributed by atoms with van der Waals surface area (Å²) in [6.45, 7) is 4.15. The Bertz CT molecular complexity index is 361. The highest BCUT2D eigenvalue weighted by atomic mass is 35.5. The molecule has 0 aromatic heterocycles. The van der Waals surface area contributed by atoms with Crippen molar-refractivity contribution >= 4 is 17.3 Å². The highest BCUT2D eigenvalue weighted by Crippen LogP contribution is 2.22. The Hall–Kier alpha value is -1.41. The topological polar surface area (TPSA) is 35.2 Å². The molecule has 15 heavy (non-hydrogen) atoms. The fourth-order valence-electron chi connectivity index (χ4n) is 1.23. The van der Waals surface area contributed by atoms with Gasteiger partial charge in [-0.15, -0.1) is 6.58 Å². The van der Waals surface area contributed by atoms with Crippen molar-refractivity contribution in [2.75, 3.05) is 12.3 Å². The van der Waals surface area contributed by atoms with Crippen molar-refractivity contribution in [1.29, 1.82) is 0 Å². The summed E-state index contributed by atoms with van der Waals surface area (Å²) in [5.74, 6) is 0.818. The number of rotatable bonds is 5. The normalized spacial score (nSPS) is 10.5. The summed E-state index contributed by atoms with van der Waals surface area (Å²) < 4.78 is 5.51. The second kappa shape index (κ2) is 6.14. The fourth-order valence-corrected chi connectivity index (χ4v) is 1.30. The number of anilines is 1. The van der Waals surface area contributed by atoms with Crippen LogP contribution in [0.2, 0.25) is 0 Å². The number of hydrogen-bond acceptors (Lipinski definition) is 2. The first kappa shape index (κ1) is 11.7. The molecule has 0 saturated carbocycles. The lowest BCUT2D eigenvalue weighted by molar-refractivity contribution is 0.360. The van der Waals surface area contributed by atoms with Gasteiger partial charge in [-0.05, 0) is 36.3 Å². The van der Waals surface area contributed by atoms with Crippen LogP contribution in [-0.4, -0.2) is 6.61 Å². The fraction of sp³-hybridized carbons (Fsp3) is 0.167. The second-order valence-electron chi connectivity index (χ2n) is 3.03. The summed E-state index contributed by atoms with van der Waals surface area (Å²) in [7, 11) is 0. The minimum Gasteiger partial charge on any atom is -0.489 e. The highest BCUT2D eigenvalue weighted by molar-refractivity contribution is 6.25. The second-order valence-corrected chi connectivity index (χ2v) is 3.28. The van der Waals surface area contributed by atoms with Gasteiger partial charge in [0.1, 0.15) is 12.4 Å². The van der Waals surface area contributed by atoms with E-state index in [4.69, 9.17) is 22.1 Å². The van der Waals surface area contributed by atoms with Gasteiger partial charge in [-0.1, -0.05) is 17.7 Å². The molecule has 0 aliphatic rings. The van der Waals surface area contributed by atoms with Gasteiger partial charge in [0.15, 0.2) is 0 Å². The maximum Gasteiger partial charge on any atom is 0.123 e. The number of nitrogens with two attached hydrogens (primary N) is 1. The minimum atomic E-state index is 0.456. The van der Waals surface area contributed by atoms with Crippen molar-refractivity contribution in [3.05, 3.63) is 48.0 Å². The van der Waals surface area contributed by atoms with E-state index in [9.17, 15) is 0 Å². The lowest BCUT2D eigenvalue weighted by atomic mass is 10.1. The van der Waals surface area contributed by atoms with Crippen LogP contribution in [0.25, 0.3) is 0 Å². The van der Waals surface area contributed by atoms with Gasteiger partial charge >= 0.3 is 0 Å². The number of halogens is 1. The molecule has 0 aliphatic carbocycles. The first-order chi connectivity index (χ1) is 7.27. The van der Waals surface area contributed by atoms with Crippen molar-refractivity contribution in [2.45, 2.75) is 6.42 Å². The van der Waals surface area contributed by atoms with E-state index in [2.05, 4.69) is 6.58 Å². The minimum absolute atomic E-state index is 0.456. The predicted octanol–water partition coefficient (Wildman–Crippen LogP) is 3.13. The van der Waals surface area contributed by atoms with Gasteiger partial charge in [-0.2, -0.15) is 0 Å². The molecule has 3 heteroatoms. The van der Waals surface area contributed by atoms with Gasteiger partial charge in [0.05, 0.1) is 0 Å². The first-order valence-corrected chi connectivity index (χ1v) is 5.09. The Morgan fingerprint density at radius 3 is 2.93 bits per heavy atom. The molecule has 0 atom stereocenters. The molecular formula is C12H14ClNO. The third-order valence-corrected chi connectivity index (χ3v) is 2.05. The van der Waals surface area contributed by atoms with Crippen molar-refractivity contribution in [1.82, 2.24) is 0 Å². The molecule has 80 valence electrons. The molecule has 0 heterocycles. The van der Waals surface area contributed by atoms with Gasteiger partial charge in [-0.25, -0.2) is 0 Å². The van der Waals surface area contributed by atoms with E-state index in [1.165, 1.54) is 5.54 Å². The Morgan fingerprint density at radius 1 is 1.47 bits per heavy atom. The molecule has 0 bridgehead atoms. The molecule has 0 unspecified atom stereocenters. The van der Waals surface area contributed by atoms with Crippen LogP contribution in [0.5, 0.6) is 5.75 Å². The molecule has 0 spiro atoms. The molecular weight excluding hydrogens is 210 g/mol. The lowest BCUT2D eigenvalue weighted by Gasteiger charge is -2.09. The molecule has 0 aliphatic heterocycles. The Labute approximate surface area is 95.0 Å². The van der Waals surface area contributed by atoms with Gasteiger partial charge in [-0.3, -0.25) is 0 Å². The average molecular weight is 224 g/mol. The molecule has 0 saturated heterocycles. The molecule has 1 aromatic rings. The Morgan fingerprint density at radius 2 is 2.27 bits per heavy atom. The summed E-state index contributed by atoms with van der Waals surface area (Å²) in [4.78, 5) is 0. The van der Waals surface area contributed by atoms with Gasteiger partial charge in [0.25, 0.3) is 0 Å². The summed E-state index contributed by atoms with van der Waals surface area (Å²) in [6, 6.07) is 5.56. The van der Waals surface area contributed by atoms with Crippen molar-refractivity contribution < 1.29 is 4.74 Å². The average Bonchev–Trinajstić information content (AvgIpc) is 2.22. The maximum absolute atomic E-state index is 5.69. The quantitative estimate of drug-likeness (QED) is 0.615. The van der Waals surface area contributed by atoms with E-state index in [-0.39, 0.29) is 0 Å². The molecule has 1 aromatic carbocycles. The maximum atomic E-state index is 5.69. The third-order valence-electron chi connectivity index (χ3n) is 1.87. The predicted molar refractivity (Wildman–Crippen MR) is 65.2 cm³/mol. The van der Waals surface area contributed by atoms with Gasteiger partial charge < -0.3 is 10.5 Å². The molecule has 1 rings (SSSR count). The van der Waals surface area contributed by atoms with Crippen molar-refractivity contribution in [2.24, 2.45) is 0 Å². The van der Waals surface area contributed by atoms with Crippen LogP contribution in [-0.2, 0) is 6.42 Å². The zero-order valence-corrected chi connectivity index (χ0v) is 9.20. The van der Waals surface area contributed by atoms with Gasteiger partial charge in [0, 0.05) is 11.2 Å². The standard InChI is InChI=1S/C12H14ClNO/c1-2-4-10-9-11(14)5-6-12(10)15-8-3-7-13/h2-3,5-7,9H,1,4,8,14H2/b7-3+. The van der Waals surface area contributed by atoms with E-state index in [0.29, 0.717) is 6.61 Å². The summed E-state index contributed by atoms with van der Waals surface area (Å²) in [5.41, 5.74) is 8.89. The molecule has 0 radical (unpaired) electrons. The zero-order chi connectivity index (χ0) is 11.1. The first-order valence-electron chi connectivity index (χ1n) is 4.65. The summed E-state index contributed by atoms with van der Waals surface area (Å²) in [5, 5.41) is 0. The van der Waals surface area contributed by atoms with E-state index in [1.54, 1.807) is 6.08 Å². The Kier molecular flexibility index (Phi) is 4.78. The van der Waals surface area contributed by atoms with Crippen molar-refractivity contribution in [3.8, 4) is 5.75 Å². The van der Waals surface area contributed by atoms with Gasteiger partial charge in [0.2, 0.25) is 0 Å². The summed E-state index contributed by atoms with van der Waals surface area (Å²) in [6.07, 6.45) is 4.29. The van der Waals surface area contributed by atoms with E-state index in [0.717, 1.165) is 23.4 Å². The van der Waals surface area contributed by atoms with Crippen LogP contribution < -0.4 is 10.5 Å². The van der Waals surface area contributed by atoms with Crippen LogP contribution in [0.1, 0.15) is 5.56 Å². The highest BCUT2D eigenvalue weighted by Gasteiger charge is 2.01. The molecule has 2 N–H and O–H groups in total. The molecule has 0 amide bonds. The SMILES string of the molecule is C=CCc1cc(N)ccc1OC/C=C/Cl. The molecule has 0 fully saturated rings. The van der Waals surface area contributed by atoms with Crippen LogP contribution in [0.4, 0.5) is 5.69 Å². The monoisotopic (exact) mass is 223 g/mol. The number of ether oxygens (including phenoxy) is 1. The smallest absolute Gasteiger partial charge is 0.123 e. The largest absolute Gasteiger partial charge is 0.489 e. The lowest BCUT2D eigenvalue weighted by Crippen LogP contribution is -1.98. The van der Waals surface area contributed by atoms with Crippen molar-refractivity contribution in [3.63, 3.8) is 0 Å². The van der Waals surface area contributed by atoms with Crippen LogP contribution >= 0.6 is 11.6 Å². The number of hydrogen-bond donors (Lipinski definition) is 1. The van der Waals surface area contributed by atoms with Crippen LogP contribution in [0.3, 0.4) is 0 Å². The molecule has 2 nitrogen and oxygen atoms in total. The van der Waals surface area contributed by atoms with E-state index >= 15 is 0 Å². The number of nitrogen functional groups attached to an aromatic ring is 1. The van der Waals surface area contributed by atoms with Crippen LogP contribution in [0, 0.1) is 0 Å². The summed E-state index contributed by atoms with van der Waals surface area (Å²) >= 11 is 5.40. The zero-order valence-electron chi connectivity index (χ0n) is 8.45. The third kappa shape index (κ3) is 3.68. The number of allylic oxidation sites excluding steroid dienone is 1. The van der Waals surface area contributed by atoms with E-state index in [1.807, 2.05) is 24.3 Å². The van der Waals surface area contributed by atoms with Crippen LogP contribution in [0.15, 0.2) is 42.5 Å². The van der Waals surface area contributed by atoms with E-state index < -0.39 is 0 Å².